The van der Waals surface area contributed by atoms with E-state index in [4.69, 9.17) is 0 Å². The van der Waals surface area contributed by atoms with Crippen LogP contribution in [0.25, 0.3) is 0 Å². The van der Waals surface area contributed by atoms with Crippen molar-refractivity contribution < 1.29 is 14.7 Å². The minimum absolute atomic E-state index is 0.0276. The van der Waals surface area contributed by atoms with Gasteiger partial charge in [0.2, 0.25) is 0 Å². The smallest absolute Gasteiger partial charge is 0.251 e. The molecule has 0 saturated carbocycles. The summed E-state index contributed by atoms with van der Waals surface area (Å²) in [5.41, 5.74) is 2.14. The van der Waals surface area contributed by atoms with Crippen LogP contribution in [0, 0.1) is 0 Å². The number of rotatable bonds is 11. The number of hydrogen-bond acceptors (Lipinski definition) is 4. The maximum absolute atomic E-state index is 12.4. The quantitative estimate of drug-likeness (QED) is 0.599. The van der Waals surface area contributed by atoms with Crippen molar-refractivity contribution in [3.63, 3.8) is 0 Å². The van der Waals surface area contributed by atoms with Crippen LogP contribution in [0.15, 0.2) is 54.6 Å². The fourth-order valence-corrected chi connectivity index (χ4v) is 2.85. The largest absolute Gasteiger partial charge is 0.395 e. The van der Waals surface area contributed by atoms with Crippen LogP contribution in [-0.2, 0) is 6.54 Å². The van der Waals surface area contributed by atoms with Crippen LogP contribution in [0.5, 0.6) is 0 Å². The molecular formula is C22H28N2O3. The first-order chi connectivity index (χ1) is 13.1. The molecule has 27 heavy (non-hydrogen) atoms. The number of hydrogen-bond donors (Lipinski definition) is 2. The molecule has 0 aliphatic rings. The standard InChI is InChI=1S/C22H28N2O3/c1-2-3-12-24(13-14-25)17-18-8-7-11-20(15-18)22(27)23-16-21(26)19-9-5-4-6-10-19/h4-11,15,25H,2-3,12-14,16-17H2,1H3,(H,23,27). The van der Waals surface area contributed by atoms with E-state index < -0.39 is 0 Å². The summed E-state index contributed by atoms with van der Waals surface area (Å²) in [4.78, 5) is 26.7. The molecule has 2 aromatic rings. The Hall–Kier alpha value is -2.50. The molecule has 5 heteroatoms. The predicted molar refractivity (Wildman–Crippen MR) is 107 cm³/mol. The van der Waals surface area contributed by atoms with Crippen molar-refractivity contribution in [3.8, 4) is 0 Å². The third-order valence-electron chi connectivity index (χ3n) is 4.34. The monoisotopic (exact) mass is 368 g/mol. The second-order valence-electron chi connectivity index (χ2n) is 6.53. The van der Waals surface area contributed by atoms with Gasteiger partial charge in [-0.2, -0.15) is 0 Å². The first kappa shape index (κ1) is 20.8. The van der Waals surface area contributed by atoms with Crippen LogP contribution in [0.2, 0.25) is 0 Å². The van der Waals surface area contributed by atoms with E-state index in [1.54, 1.807) is 30.3 Å². The third-order valence-corrected chi connectivity index (χ3v) is 4.34. The van der Waals surface area contributed by atoms with Gasteiger partial charge in [0.15, 0.2) is 5.78 Å². The summed E-state index contributed by atoms with van der Waals surface area (Å²) in [7, 11) is 0. The Morgan fingerprint density at radius 1 is 1.00 bits per heavy atom. The minimum Gasteiger partial charge on any atom is -0.395 e. The van der Waals surface area contributed by atoms with Gasteiger partial charge in [-0.3, -0.25) is 14.5 Å². The Bertz CT molecular complexity index is 731. The van der Waals surface area contributed by atoms with E-state index in [1.165, 1.54) is 0 Å². The van der Waals surface area contributed by atoms with Crippen LogP contribution in [0.3, 0.4) is 0 Å². The fraction of sp³-hybridized carbons (Fsp3) is 0.364. The summed E-state index contributed by atoms with van der Waals surface area (Å²) in [5, 5.41) is 11.9. The molecule has 0 spiro atoms. The van der Waals surface area contributed by atoms with E-state index in [0.29, 0.717) is 24.2 Å². The Morgan fingerprint density at radius 3 is 2.44 bits per heavy atom. The first-order valence-corrected chi connectivity index (χ1v) is 9.42. The van der Waals surface area contributed by atoms with Crippen molar-refractivity contribution in [1.82, 2.24) is 10.2 Å². The lowest BCUT2D eigenvalue weighted by atomic mass is 10.1. The summed E-state index contributed by atoms with van der Waals surface area (Å²) in [6.45, 7) is 4.44. The molecule has 0 aliphatic carbocycles. The van der Waals surface area contributed by atoms with Gasteiger partial charge in [0.05, 0.1) is 13.2 Å². The predicted octanol–water partition coefficient (Wildman–Crippen LogP) is 2.89. The number of carbonyl (C=O) groups excluding carboxylic acids is 2. The van der Waals surface area contributed by atoms with Crippen LogP contribution in [-0.4, -0.2) is 47.9 Å². The minimum atomic E-state index is -0.261. The topological polar surface area (TPSA) is 69.6 Å². The Balaban J connectivity index is 1.94. The van der Waals surface area contributed by atoms with E-state index in [0.717, 1.165) is 24.9 Å². The van der Waals surface area contributed by atoms with Crippen LogP contribution < -0.4 is 5.32 Å². The number of benzene rings is 2. The molecule has 0 bridgehead atoms. The maximum atomic E-state index is 12.4. The molecule has 0 radical (unpaired) electrons. The summed E-state index contributed by atoms with van der Waals surface area (Å²) in [5.74, 6) is -0.378. The molecule has 2 rings (SSSR count). The van der Waals surface area contributed by atoms with Crippen molar-refractivity contribution in [1.29, 1.82) is 0 Å². The van der Waals surface area contributed by atoms with E-state index in [9.17, 15) is 14.7 Å². The lowest BCUT2D eigenvalue weighted by molar-refractivity contribution is 0.0904. The van der Waals surface area contributed by atoms with Gasteiger partial charge < -0.3 is 10.4 Å². The van der Waals surface area contributed by atoms with E-state index in [2.05, 4.69) is 17.1 Å². The molecule has 0 saturated heterocycles. The molecule has 0 fully saturated rings. The van der Waals surface area contributed by atoms with Crippen LogP contribution in [0.4, 0.5) is 0 Å². The van der Waals surface area contributed by atoms with Crippen molar-refractivity contribution in [3.05, 3.63) is 71.3 Å². The molecule has 144 valence electrons. The van der Waals surface area contributed by atoms with Crippen LogP contribution >= 0.6 is 0 Å². The highest BCUT2D eigenvalue weighted by atomic mass is 16.3. The number of nitrogens with zero attached hydrogens (tertiary/aromatic N) is 1. The number of nitrogens with one attached hydrogen (secondary N) is 1. The number of unbranched alkanes of at least 4 members (excludes halogenated alkanes) is 1. The zero-order valence-corrected chi connectivity index (χ0v) is 15.9. The van der Waals surface area contributed by atoms with Gasteiger partial charge in [-0.25, -0.2) is 0 Å². The van der Waals surface area contributed by atoms with Gasteiger partial charge in [0.25, 0.3) is 5.91 Å². The molecule has 0 aliphatic heterocycles. The molecule has 1 amide bonds. The van der Waals surface area contributed by atoms with E-state index >= 15 is 0 Å². The summed E-state index contributed by atoms with van der Waals surface area (Å²) in [6.07, 6.45) is 2.17. The van der Waals surface area contributed by atoms with Gasteiger partial charge >= 0.3 is 0 Å². The first-order valence-electron chi connectivity index (χ1n) is 9.42. The van der Waals surface area contributed by atoms with Gasteiger partial charge in [0, 0.05) is 24.2 Å². The number of amides is 1. The second kappa shape index (κ2) is 11.3. The number of aliphatic hydroxyl groups excluding tert-OH is 1. The number of aliphatic hydroxyl groups is 1. The number of carbonyl (C=O) groups is 2. The van der Waals surface area contributed by atoms with E-state index in [1.807, 2.05) is 24.3 Å². The van der Waals surface area contributed by atoms with Gasteiger partial charge in [0.1, 0.15) is 0 Å². The SMILES string of the molecule is CCCCN(CCO)Cc1cccc(C(=O)NCC(=O)c2ccccc2)c1. The molecule has 0 atom stereocenters. The van der Waals surface area contributed by atoms with Crippen molar-refractivity contribution in [2.24, 2.45) is 0 Å². The average Bonchev–Trinajstić information content (AvgIpc) is 2.71. The molecule has 0 unspecified atom stereocenters. The highest BCUT2D eigenvalue weighted by molar-refractivity contribution is 6.02. The zero-order valence-electron chi connectivity index (χ0n) is 15.9. The maximum Gasteiger partial charge on any atom is 0.251 e. The van der Waals surface area contributed by atoms with Gasteiger partial charge in [-0.05, 0) is 30.7 Å². The van der Waals surface area contributed by atoms with Gasteiger partial charge in [-0.15, -0.1) is 0 Å². The highest BCUT2D eigenvalue weighted by Gasteiger charge is 2.11. The molecular weight excluding hydrogens is 340 g/mol. The average molecular weight is 368 g/mol. The Labute approximate surface area is 161 Å². The molecule has 2 aromatic carbocycles. The van der Waals surface area contributed by atoms with Crippen molar-refractivity contribution >= 4 is 11.7 Å². The van der Waals surface area contributed by atoms with Gasteiger partial charge in [-0.1, -0.05) is 55.8 Å². The lowest BCUT2D eigenvalue weighted by Gasteiger charge is -2.21. The normalized spacial score (nSPS) is 10.8. The number of Topliss-reactive ketones (excluding diaryl/α,β-unsaturated/α-hetero) is 1. The van der Waals surface area contributed by atoms with Crippen LogP contribution in [0.1, 0.15) is 46.0 Å². The third kappa shape index (κ3) is 6.96. The number of ketones is 1. The zero-order chi connectivity index (χ0) is 19.5. The Kier molecular flexibility index (Phi) is 8.68. The Morgan fingerprint density at radius 2 is 1.74 bits per heavy atom. The second-order valence-corrected chi connectivity index (χ2v) is 6.53. The highest BCUT2D eigenvalue weighted by Crippen LogP contribution is 2.10. The van der Waals surface area contributed by atoms with Crippen molar-refractivity contribution in [2.75, 3.05) is 26.2 Å². The molecule has 5 nitrogen and oxygen atoms in total. The lowest BCUT2D eigenvalue weighted by Crippen LogP contribution is -2.30. The molecule has 0 heterocycles. The summed E-state index contributed by atoms with van der Waals surface area (Å²) >= 11 is 0. The van der Waals surface area contributed by atoms with Crippen molar-refractivity contribution in [2.45, 2.75) is 26.3 Å². The molecule has 2 N–H and O–H groups in total. The summed E-state index contributed by atoms with van der Waals surface area (Å²) in [6, 6.07) is 16.3. The van der Waals surface area contributed by atoms with E-state index in [-0.39, 0.29) is 24.8 Å². The molecule has 0 aromatic heterocycles. The fourth-order valence-electron chi connectivity index (χ4n) is 2.85. The summed E-state index contributed by atoms with van der Waals surface area (Å²) < 4.78 is 0.